The van der Waals surface area contributed by atoms with Crippen LogP contribution >= 0.6 is 0 Å². The van der Waals surface area contributed by atoms with Crippen molar-refractivity contribution in [2.75, 3.05) is 0 Å². The zero-order valence-electron chi connectivity index (χ0n) is 7.01. The van der Waals surface area contributed by atoms with Crippen molar-refractivity contribution in [3.05, 3.63) is 23.7 Å². The molecule has 0 aliphatic carbocycles. The normalized spacial score (nSPS) is 10.0. The first-order chi connectivity index (χ1) is 5.81. The monoisotopic (exact) mass is 348 g/mol. The molecule has 0 aliphatic heterocycles. The zero-order chi connectivity index (χ0) is 8.55. The summed E-state index contributed by atoms with van der Waals surface area (Å²) in [4.78, 5) is 0. The van der Waals surface area contributed by atoms with E-state index in [4.69, 9.17) is 5.11 Å². The molecule has 13 heavy (non-hydrogen) atoms. The van der Waals surface area contributed by atoms with E-state index >= 15 is 0 Å². The van der Waals surface area contributed by atoms with E-state index < -0.39 is 0 Å². The molecule has 1 N–H and O–H groups in total. The molecule has 0 aliphatic rings. The van der Waals surface area contributed by atoms with Crippen LogP contribution in [0, 0.1) is 6.92 Å². The first-order valence-electron chi connectivity index (χ1n) is 3.60. The Morgan fingerprint density at radius 1 is 1.38 bits per heavy atom. The molecule has 0 spiro atoms. The minimum Gasteiger partial charge on any atom is -0.390 e. The van der Waals surface area contributed by atoms with E-state index in [2.05, 4.69) is 15.3 Å². The van der Waals surface area contributed by atoms with Crippen LogP contribution < -0.4 is 0 Å². The van der Waals surface area contributed by atoms with E-state index in [1.54, 1.807) is 16.6 Å². The number of aryl methyl sites for hydroxylation is 1. The van der Waals surface area contributed by atoms with Crippen LogP contribution in [-0.4, -0.2) is 24.9 Å². The number of nitrogens with zero attached hydrogens (tertiary/aromatic N) is 4. The summed E-state index contributed by atoms with van der Waals surface area (Å²) in [6, 6.07) is 3.50. The summed E-state index contributed by atoms with van der Waals surface area (Å²) in [6.07, 6.45) is 0. The fourth-order valence-electron chi connectivity index (χ4n) is 1.02. The average molecular weight is 348 g/mol. The number of aromatic nitrogens is 4. The van der Waals surface area contributed by atoms with Crippen molar-refractivity contribution in [2.45, 2.75) is 13.5 Å². The smallest absolute Gasteiger partial charge is 0.177 e. The fourth-order valence-corrected chi connectivity index (χ4v) is 1.02. The molecule has 0 saturated heterocycles. The van der Waals surface area contributed by atoms with Crippen LogP contribution in [0.25, 0.3) is 5.65 Å². The molecule has 0 bridgehead atoms. The van der Waals surface area contributed by atoms with Gasteiger partial charge in [0.15, 0.2) is 11.5 Å². The van der Waals surface area contributed by atoms with E-state index in [-0.39, 0.29) is 27.7 Å². The van der Waals surface area contributed by atoms with Gasteiger partial charge < -0.3 is 5.11 Å². The molecule has 0 aromatic carbocycles. The molecule has 0 fully saturated rings. The van der Waals surface area contributed by atoms with Crippen LogP contribution in [-0.2, 0) is 27.7 Å². The molecule has 2 rings (SSSR count). The Hall–Kier alpha value is -0.802. The van der Waals surface area contributed by atoms with E-state index in [1.165, 1.54) is 0 Å². The van der Waals surface area contributed by atoms with E-state index in [0.29, 0.717) is 11.3 Å². The number of rotatable bonds is 1. The maximum Gasteiger partial charge on any atom is 0.177 e. The summed E-state index contributed by atoms with van der Waals surface area (Å²) in [7, 11) is 0. The molecule has 0 amide bonds. The topological polar surface area (TPSA) is 63.3 Å². The molecule has 2 aromatic rings. The molecule has 2 heterocycles. The van der Waals surface area contributed by atoms with Gasteiger partial charge in [0.25, 0.3) is 0 Å². The van der Waals surface area contributed by atoms with Crippen LogP contribution in [0.15, 0.2) is 12.1 Å². The third kappa shape index (κ3) is 1.76. The van der Waals surface area contributed by atoms with E-state index in [1.807, 2.05) is 6.92 Å². The van der Waals surface area contributed by atoms with E-state index in [0.717, 1.165) is 5.82 Å². The third-order valence-corrected chi connectivity index (χ3v) is 1.64. The van der Waals surface area contributed by atoms with Crippen LogP contribution in [0.5, 0.6) is 0 Å². The molecule has 2 aromatic heterocycles. The molecule has 0 unspecified atom stereocenters. The van der Waals surface area contributed by atoms with E-state index in [9.17, 15) is 0 Å². The summed E-state index contributed by atoms with van der Waals surface area (Å²) in [5.41, 5.74) is 1.31. The molecule has 5 nitrogen and oxygen atoms in total. The van der Waals surface area contributed by atoms with Gasteiger partial charge in [-0.2, -0.15) is 9.61 Å². The SMILES string of the molecule is Cc1nnc2ccc(CO)nn12.[W]. The summed E-state index contributed by atoms with van der Waals surface area (Å²) in [5, 5.41) is 20.6. The van der Waals surface area contributed by atoms with Crippen molar-refractivity contribution in [3.63, 3.8) is 0 Å². The number of hydrogen-bond donors (Lipinski definition) is 1. The van der Waals surface area contributed by atoms with Gasteiger partial charge in [0, 0.05) is 21.1 Å². The summed E-state index contributed by atoms with van der Waals surface area (Å²) in [5.74, 6) is 0.723. The second-order valence-electron chi connectivity index (χ2n) is 2.50. The predicted molar refractivity (Wildman–Crippen MR) is 41.4 cm³/mol. The van der Waals surface area contributed by atoms with Gasteiger partial charge in [0.1, 0.15) is 0 Å². The minimum absolute atomic E-state index is 0. The second-order valence-corrected chi connectivity index (χ2v) is 2.50. The molecule has 0 radical (unpaired) electrons. The summed E-state index contributed by atoms with van der Waals surface area (Å²) >= 11 is 0. The Labute approximate surface area is 89.1 Å². The molecule has 6 heteroatoms. The summed E-state index contributed by atoms with van der Waals surface area (Å²) in [6.45, 7) is 1.75. The van der Waals surface area contributed by atoms with Crippen LogP contribution in [0.3, 0.4) is 0 Å². The molecule has 0 saturated carbocycles. The zero-order valence-corrected chi connectivity index (χ0v) is 9.94. The predicted octanol–water partition coefficient (Wildman–Crippen LogP) is -0.0775. The Balaban J connectivity index is 0.000000845. The van der Waals surface area contributed by atoms with Crippen molar-refractivity contribution in [2.24, 2.45) is 0 Å². The fraction of sp³-hybridized carbons (Fsp3) is 0.286. The number of aliphatic hydroxyl groups excluding tert-OH is 1. The van der Waals surface area contributed by atoms with Gasteiger partial charge in [-0.25, -0.2) is 0 Å². The van der Waals surface area contributed by atoms with Gasteiger partial charge in [0.05, 0.1) is 12.3 Å². The van der Waals surface area contributed by atoms with Gasteiger partial charge in [-0.1, -0.05) is 0 Å². The van der Waals surface area contributed by atoms with Gasteiger partial charge in [-0.15, -0.1) is 10.2 Å². The van der Waals surface area contributed by atoms with Crippen molar-refractivity contribution in [3.8, 4) is 0 Å². The van der Waals surface area contributed by atoms with Crippen molar-refractivity contribution < 1.29 is 26.2 Å². The van der Waals surface area contributed by atoms with Crippen molar-refractivity contribution >= 4 is 5.65 Å². The molecule has 68 valence electrons. The Morgan fingerprint density at radius 3 is 2.85 bits per heavy atom. The number of hydrogen-bond acceptors (Lipinski definition) is 4. The van der Waals surface area contributed by atoms with Crippen LogP contribution in [0.2, 0.25) is 0 Å². The average Bonchev–Trinajstić information content (AvgIpc) is 2.47. The van der Waals surface area contributed by atoms with Crippen LogP contribution in [0.4, 0.5) is 0 Å². The van der Waals surface area contributed by atoms with Gasteiger partial charge in [-0.05, 0) is 19.1 Å². The maximum absolute atomic E-state index is 8.81. The number of fused-ring (bicyclic) bond motifs is 1. The second kappa shape index (κ2) is 3.94. The Bertz CT molecular complexity index is 414. The molecular formula is C7H8N4OW. The Morgan fingerprint density at radius 2 is 2.15 bits per heavy atom. The largest absolute Gasteiger partial charge is 0.390 e. The standard InChI is InChI=1S/C7H8N4O.W/c1-5-8-9-7-3-2-6(4-12)10-11(5)7;/h2-3,12H,4H2,1H3;. The summed E-state index contributed by atoms with van der Waals surface area (Å²) < 4.78 is 1.60. The van der Waals surface area contributed by atoms with Gasteiger partial charge in [-0.3, -0.25) is 0 Å². The quantitative estimate of drug-likeness (QED) is 0.784. The van der Waals surface area contributed by atoms with Crippen LogP contribution in [0.1, 0.15) is 11.5 Å². The first-order valence-corrected chi connectivity index (χ1v) is 3.60. The number of aliphatic hydroxyl groups is 1. The minimum atomic E-state index is -0.0619. The Kier molecular flexibility index (Phi) is 3.11. The van der Waals surface area contributed by atoms with Gasteiger partial charge in [0.2, 0.25) is 0 Å². The molecule has 0 atom stereocenters. The van der Waals surface area contributed by atoms with Crippen molar-refractivity contribution in [1.82, 2.24) is 19.8 Å². The van der Waals surface area contributed by atoms with Gasteiger partial charge >= 0.3 is 0 Å². The third-order valence-electron chi connectivity index (χ3n) is 1.64. The first kappa shape index (κ1) is 10.3. The molecular weight excluding hydrogens is 340 g/mol. The van der Waals surface area contributed by atoms with Crippen molar-refractivity contribution in [1.29, 1.82) is 0 Å². The maximum atomic E-state index is 8.81.